The largest absolute Gasteiger partial charge is 0.573 e. The van der Waals surface area contributed by atoms with Gasteiger partial charge in [0.25, 0.3) is 0 Å². The van der Waals surface area contributed by atoms with Crippen LogP contribution in [0.5, 0.6) is 5.75 Å². The van der Waals surface area contributed by atoms with Crippen LogP contribution >= 0.6 is 0 Å². The average Bonchev–Trinajstić information content (AvgIpc) is 2.35. The lowest BCUT2D eigenvalue weighted by Gasteiger charge is -2.19. The van der Waals surface area contributed by atoms with Crippen molar-refractivity contribution < 1.29 is 17.9 Å². The van der Waals surface area contributed by atoms with E-state index in [9.17, 15) is 13.2 Å². The van der Waals surface area contributed by atoms with Crippen molar-refractivity contribution in [1.29, 1.82) is 0 Å². The second kappa shape index (κ2) is 6.04. The van der Waals surface area contributed by atoms with Crippen LogP contribution < -0.4 is 15.8 Å². The molecule has 0 saturated carbocycles. The molecule has 0 bridgehead atoms. The summed E-state index contributed by atoms with van der Waals surface area (Å²) in [6, 6.07) is 5.32. The van der Waals surface area contributed by atoms with Gasteiger partial charge in [-0.15, -0.1) is 13.2 Å². The summed E-state index contributed by atoms with van der Waals surface area (Å²) in [4.78, 5) is 11.7. The lowest BCUT2D eigenvalue weighted by molar-refractivity contribution is -0.274. The molecule has 9 heteroatoms. The van der Waals surface area contributed by atoms with Gasteiger partial charge in [-0.1, -0.05) is 18.2 Å². The Morgan fingerprint density at radius 3 is 2.50 bits per heavy atom. The van der Waals surface area contributed by atoms with Gasteiger partial charge in [0.1, 0.15) is 11.6 Å². The summed E-state index contributed by atoms with van der Waals surface area (Å²) >= 11 is 0. The number of para-hydroxylation sites is 1. The molecule has 0 aliphatic rings. The highest BCUT2D eigenvalue weighted by Gasteiger charge is 2.32. The third-order valence-corrected chi connectivity index (χ3v) is 2.72. The number of aryl methyl sites for hydroxylation is 1. The first-order chi connectivity index (χ1) is 10.2. The molecule has 0 aliphatic heterocycles. The average molecular weight is 313 g/mol. The third kappa shape index (κ3) is 4.21. The number of nitrogens with two attached hydrogens (primary N) is 1. The Morgan fingerprint density at radius 1 is 1.18 bits per heavy atom. The quantitative estimate of drug-likeness (QED) is 0.902. The number of nitrogen functional groups attached to an aromatic ring is 1. The van der Waals surface area contributed by atoms with Crippen molar-refractivity contribution in [3.05, 3.63) is 35.7 Å². The van der Waals surface area contributed by atoms with Gasteiger partial charge in [0, 0.05) is 5.56 Å². The van der Waals surface area contributed by atoms with Crippen molar-refractivity contribution in [3.8, 4) is 5.75 Å². The molecule has 1 heterocycles. The number of alkyl halides is 3. The smallest absolute Gasteiger partial charge is 0.405 e. The first-order valence-corrected chi connectivity index (χ1v) is 6.34. The zero-order valence-corrected chi connectivity index (χ0v) is 11.8. The molecule has 0 aliphatic carbocycles. The molecule has 22 heavy (non-hydrogen) atoms. The van der Waals surface area contributed by atoms with Crippen molar-refractivity contribution in [2.24, 2.45) is 0 Å². The highest BCUT2D eigenvalue weighted by atomic mass is 19.4. The third-order valence-electron chi connectivity index (χ3n) is 2.72. The zero-order chi connectivity index (χ0) is 16.3. The maximum atomic E-state index is 12.4. The van der Waals surface area contributed by atoms with Crippen LogP contribution in [0.2, 0.25) is 0 Å². The number of hydrogen-bond acceptors (Lipinski definition) is 6. The molecule has 0 radical (unpaired) electrons. The molecule has 1 unspecified atom stereocenters. The van der Waals surface area contributed by atoms with Crippen molar-refractivity contribution in [2.45, 2.75) is 26.3 Å². The second-order valence-electron chi connectivity index (χ2n) is 4.52. The minimum Gasteiger partial charge on any atom is -0.405 e. The number of hydrogen-bond donors (Lipinski definition) is 2. The van der Waals surface area contributed by atoms with Crippen LogP contribution in [-0.2, 0) is 0 Å². The first-order valence-electron chi connectivity index (χ1n) is 6.34. The molecule has 1 aromatic heterocycles. The van der Waals surface area contributed by atoms with Crippen LogP contribution in [0.15, 0.2) is 24.3 Å². The Balaban J connectivity index is 2.24. The van der Waals surface area contributed by atoms with Crippen LogP contribution in [0.1, 0.15) is 24.4 Å². The van der Waals surface area contributed by atoms with Crippen LogP contribution in [-0.4, -0.2) is 21.3 Å². The number of halogens is 3. The number of nitrogens with zero attached hydrogens (tertiary/aromatic N) is 3. The van der Waals surface area contributed by atoms with Gasteiger partial charge < -0.3 is 15.8 Å². The molecule has 0 spiro atoms. The summed E-state index contributed by atoms with van der Waals surface area (Å²) in [5.41, 5.74) is 5.83. The Kier molecular flexibility index (Phi) is 4.34. The molecule has 0 amide bonds. The summed E-state index contributed by atoms with van der Waals surface area (Å²) in [6.45, 7) is 3.29. The van der Waals surface area contributed by atoms with Crippen LogP contribution in [0.3, 0.4) is 0 Å². The number of nitrogens with one attached hydrogen (secondary N) is 1. The van der Waals surface area contributed by atoms with Gasteiger partial charge in [-0.05, 0) is 19.9 Å². The molecule has 2 aromatic rings. The fourth-order valence-corrected chi connectivity index (χ4v) is 1.89. The fraction of sp³-hybridized carbons (Fsp3) is 0.308. The van der Waals surface area contributed by atoms with E-state index < -0.39 is 12.4 Å². The Bertz CT molecular complexity index is 642. The van der Waals surface area contributed by atoms with Crippen molar-refractivity contribution >= 4 is 11.9 Å². The molecular weight excluding hydrogens is 299 g/mol. The van der Waals surface area contributed by atoms with E-state index in [0.29, 0.717) is 11.4 Å². The van der Waals surface area contributed by atoms with Crippen molar-refractivity contribution in [1.82, 2.24) is 15.0 Å². The zero-order valence-electron chi connectivity index (χ0n) is 11.8. The molecule has 6 nitrogen and oxygen atoms in total. The van der Waals surface area contributed by atoms with E-state index in [1.165, 1.54) is 18.2 Å². The van der Waals surface area contributed by atoms with E-state index in [0.717, 1.165) is 0 Å². The standard InChI is InChI=1S/C13H14F3N5O/c1-7(18-12-20-8(2)19-11(17)21-12)9-5-3-4-6-10(9)22-13(14,15)16/h3-7H,1-2H3,(H3,17,18,19,20,21). The van der Waals surface area contributed by atoms with Gasteiger partial charge in [0.15, 0.2) is 0 Å². The van der Waals surface area contributed by atoms with Gasteiger partial charge in [0.05, 0.1) is 6.04 Å². The summed E-state index contributed by atoms with van der Waals surface area (Å²) in [5.74, 6) is 0.331. The van der Waals surface area contributed by atoms with E-state index in [2.05, 4.69) is 25.0 Å². The topological polar surface area (TPSA) is 86.0 Å². The van der Waals surface area contributed by atoms with E-state index in [1.807, 2.05) is 0 Å². The summed E-state index contributed by atoms with van der Waals surface area (Å²) < 4.78 is 41.3. The number of benzene rings is 1. The summed E-state index contributed by atoms with van der Waals surface area (Å²) in [7, 11) is 0. The molecule has 0 fully saturated rings. The van der Waals surface area contributed by atoms with Gasteiger partial charge in [-0.3, -0.25) is 0 Å². The van der Waals surface area contributed by atoms with Crippen LogP contribution in [0.25, 0.3) is 0 Å². The van der Waals surface area contributed by atoms with E-state index in [-0.39, 0.29) is 17.6 Å². The summed E-state index contributed by atoms with van der Waals surface area (Å²) in [5, 5.41) is 2.88. The normalized spacial score (nSPS) is 12.8. The fourth-order valence-electron chi connectivity index (χ4n) is 1.89. The lowest BCUT2D eigenvalue weighted by Crippen LogP contribution is -2.20. The second-order valence-corrected chi connectivity index (χ2v) is 4.52. The SMILES string of the molecule is Cc1nc(N)nc(NC(C)c2ccccc2OC(F)(F)F)n1. The highest BCUT2D eigenvalue weighted by molar-refractivity contribution is 5.41. The van der Waals surface area contributed by atoms with E-state index >= 15 is 0 Å². The van der Waals surface area contributed by atoms with Gasteiger partial charge >= 0.3 is 6.36 Å². The Labute approximate surface area is 124 Å². The molecule has 1 atom stereocenters. The molecule has 118 valence electrons. The number of rotatable bonds is 4. The van der Waals surface area contributed by atoms with E-state index in [1.54, 1.807) is 19.9 Å². The van der Waals surface area contributed by atoms with E-state index in [4.69, 9.17) is 5.73 Å². The van der Waals surface area contributed by atoms with Crippen molar-refractivity contribution in [2.75, 3.05) is 11.1 Å². The van der Waals surface area contributed by atoms with Gasteiger partial charge in [0.2, 0.25) is 11.9 Å². The molecule has 1 aromatic carbocycles. The summed E-state index contributed by atoms with van der Waals surface area (Å²) in [6.07, 6.45) is -4.76. The maximum absolute atomic E-state index is 12.4. The minimum atomic E-state index is -4.76. The Hall–Kier alpha value is -2.58. The predicted molar refractivity (Wildman–Crippen MR) is 74.1 cm³/mol. The predicted octanol–water partition coefficient (Wildman–Crippen LogP) is 2.83. The van der Waals surface area contributed by atoms with Crippen LogP contribution in [0, 0.1) is 6.92 Å². The van der Waals surface area contributed by atoms with Crippen LogP contribution in [0.4, 0.5) is 25.1 Å². The minimum absolute atomic E-state index is 0.0297. The van der Waals surface area contributed by atoms with Crippen molar-refractivity contribution in [3.63, 3.8) is 0 Å². The van der Waals surface area contributed by atoms with Gasteiger partial charge in [-0.25, -0.2) is 0 Å². The molecular formula is C13H14F3N5O. The number of aromatic nitrogens is 3. The van der Waals surface area contributed by atoms with Gasteiger partial charge in [-0.2, -0.15) is 15.0 Å². The highest BCUT2D eigenvalue weighted by Crippen LogP contribution is 2.31. The molecule has 0 saturated heterocycles. The molecule has 3 N–H and O–H groups in total. The first kappa shape index (κ1) is 15.8. The lowest BCUT2D eigenvalue weighted by atomic mass is 10.1. The number of ether oxygens (including phenoxy) is 1. The number of anilines is 2. The molecule has 2 rings (SSSR count). The maximum Gasteiger partial charge on any atom is 0.573 e. The Morgan fingerprint density at radius 2 is 1.86 bits per heavy atom. The monoisotopic (exact) mass is 313 g/mol.